The quantitative estimate of drug-likeness (QED) is 0.405. The zero-order chi connectivity index (χ0) is 6.95. The fraction of sp³-hybridized carbons (Fsp3) is 0.286. The zero-order valence-corrected chi connectivity index (χ0v) is 7.58. The summed E-state index contributed by atoms with van der Waals surface area (Å²) in [5, 5.41) is 0. The van der Waals surface area contributed by atoms with Crippen molar-refractivity contribution in [3.05, 3.63) is 22.3 Å². The summed E-state index contributed by atoms with van der Waals surface area (Å²) in [6.45, 7) is 2.87. The molecule has 0 bridgehead atoms. The molecular formula is C7H10IN. The van der Waals surface area contributed by atoms with Gasteiger partial charge in [-0.1, -0.05) is 34.7 Å². The molecular weight excluding hydrogens is 225 g/mol. The fourth-order valence-corrected chi connectivity index (χ4v) is 0.562. The minimum Gasteiger partial charge on any atom is -0.293 e. The molecule has 0 radical (unpaired) electrons. The van der Waals surface area contributed by atoms with Gasteiger partial charge in [0.2, 0.25) is 0 Å². The highest BCUT2D eigenvalue weighted by Crippen LogP contribution is 1.83. The Balaban J connectivity index is 3.35. The van der Waals surface area contributed by atoms with E-state index >= 15 is 0 Å². The van der Waals surface area contributed by atoms with E-state index in [0.29, 0.717) is 0 Å². The SMILES string of the molecule is CCN=C/C=C\C=C/I. The van der Waals surface area contributed by atoms with Gasteiger partial charge in [0.05, 0.1) is 0 Å². The molecule has 0 spiro atoms. The fourth-order valence-electron chi connectivity index (χ4n) is 0.322. The third kappa shape index (κ3) is 7.88. The number of rotatable bonds is 3. The van der Waals surface area contributed by atoms with E-state index in [1.165, 1.54) is 0 Å². The highest BCUT2D eigenvalue weighted by Gasteiger charge is 1.60. The van der Waals surface area contributed by atoms with Crippen LogP contribution in [0.4, 0.5) is 0 Å². The summed E-state index contributed by atoms with van der Waals surface area (Å²) >= 11 is 2.17. The maximum Gasteiger partial charge on any atom is 0.0360 e. The molecule has 0 aliphatic rings. The Morgan fingerprint density at radius 2 is 2.11 bits per heavy atom. The van der Waals surface area contributed by atoms with E-state index in [1.807, 2.05) is 29.2 Å². The van der Waals surface area contributed by atoms with E-state index < -0.39 is 0 Å². The van der Waals surface area contributed by atoms with Crippen LogP contribution in [-0.4, -0.2) is 12.8 Å². The maximum absolute atomic E-state index is 4.00. The van der Waals surface area contributed by atoms with E-state index in [2.05, 4.69) is 27.6 Å². The van der Waals surface area contributed by atoms with Gasteiger partial charge in [0, 0.05) is 12.8 Å². The van der Waals surface area contributed by atoms with Crippen molar-refractivity contribution in [3.8, 4) is 0 Å². The molecule has 0 atom stereocenters. The first-order chi connectivity index (χ1) is 4.41. The van der Waals surface area contributed by atoms with Crippen LogP contribution in [0.2, 0.25) is 0 Å². The second-order valence-electron chi connectivity index (χ2n) is 1.35. The van der Waals surface area contributed by atoms with Crippen molar-refractivity contribution in [2.45, 2.75) is 6.92 Å². The normalized spacial score (nSPS) is 12.7. The van der Waals surface area contributed by atoms with Crippen molar-refractivity contribution < 1.29 is 0 Å². The highest BCUT2D eigenvalue weighted by molar-refractivity contribution is 14.1. The maximum atomic E-state index is 4.00. The van der Waals surface area contributed by atoms with Gasteiger partial charge in [0.15, 0.2) is 0 Å². The van der Waals surface area contributed by atoms with Crippen molar-refractivity contribution >= 4 is 28.8 Å². The standard InChI is InChI=1S/C7H10IN/c1-2-9-7-5-3-4-6-8/h3-7H,2H2,1H3/b5-3-,6-4-,9-7?. The summed E-state index contributed by atoms with van der Waals surface area (Å²) in [4.78, 5) is 4.00. The first-order valence-corrected chi connectivity index (χ1v) is 4.08. The van der Waals surface area contributed by atoms with Crippen molar-refractivity contribution in [3.63, 3.8) is 0 Å². The van der Waals surface area contributed by atoms with Crippen LogP contribution in [-0.2, 0) is 0 Å². The van der Waals surface area contributed by atoms with Crippen LogP contribution < -0.4 is 0 Å². The van der Waals surface area contributed by atoms with Gasteiger partial charge in [-0.25, -0.2) is 0 Å². The predicted molar refractivity (Wildman–Crippen MR) is 51.3 cm³/mol. The largest absolute Gasteiger partial charge is 0.293 e. The van der Waals surface area contributed by atoms with Crippen molar-refractivity contribution in [2.24, 2.45) is 4.99 Å². The summed E-state index contributed by atoms with van der Waals surface area (Å²) in [5.74, 6) is 0. The monoisotopic (exact) mass is 235 g/mol. The predicted octanol–water partition coefficient (Wildman–Crippen LogP) is 2.58. The number of hydrogen-bond donors (Lipinski definition) is 0. The van der Waals surface area contributed by atoms with E-state index in [-0.39, 0.29) is 0 Å². The molecule has 0 heterocycles. The number of halogens is 1. The van der Waals surface area contributed by atoms with Gasteiger partial charge in [0.25, 0.3) is 0 Å². The molecule has 0 saturated carbocycles. The molecule has 0 rings (SSSR count). The molecule has 0 aromatic carbocycles. The average Bonchev–Trinajstić information content (AvgIpc) is 1.89. The van der Waals surface area contributed by atoms with E-state index in [9.17, 15) is 0 Å². The minimum absolute atomic E-state index is 0.859. The molecule has 9 heavy (non-hydrogen) atoms. The zero-order valence-electron chi connectivity index (χ0n) is 5.42. The Morgan fingerprint density at radius 1 is 1.33 bits per heavy atom. The Labute approximate surface area is 69.7 Å². The van der Waals surface area contributed by atoms with Crippen LogP contribution in [0.15, 0.2) is 27.3 Å². The van der Waals surface area contributed by atoms with Crippen LogP contribution in [0.3, 0.4) is 0 Å². The van der Waals surface area contributed by atoms with Gasteiger partial charge in [-0.15, -0.1) is 0 Å². The lowest BCUT2D eigenvalue weighted by Crippen LogP contribution is -1.67. The molecule has 50 valence electrons. The second kappa shape index (κ2) is 7.88. The van der Waals surface area contributed by atoms with E-state index in [1.54, 1.807) is 6.21 Å². The lowest BCUT2D eigenvalue weighted by atomic mass is 10.5. The number of hydrogen-bond acceptors (Lipinski definition) is 1. The highest BCUT2D eigenvalue weighted by atomic mass is 127. The third-order valence-electron chi connectivity index (χ3n) is 0.669. The Bertz CT molecular complexity index is 125. The smallest absolute Gasteiger partial charge is 0.0360 e. The van der Waals surface area contributed by atoms with Gasteiger partial charge in [-0.05, 0) is 17.1 Å². The lowest BCUT2D eigenvalue weighted by molar-refractivity contribution is 1.14. The molecule has 0 amide bonds. The third-order valence-corrected chi connectivity index (χ3v) is 1.08. The van der Waals surface area contributed by atoms with Crippen molar-refractivity contribution in [1.82, 2.24) is 0 Å². The summed E-state index contributed by atoms with van der Waals surface area (Å²) in [5.41, 5.74) is 0. The number of allylic oxidation sites excluding steroid dienone is 3. The first-order valence-electron chi connectivity index (χ1n) is 2.83. The van der Waals surface area contributed by atoms with Crippen LogP contribution in [0.1, 0.15) is 6.92 Å². The van der Waals surface area contributed by atoms with Gasteiger partial charge in [-0.2, -0.15) is 0 Å². The number of nitrogens with zero attached hydrogens (tertiary/aromatic N) is 1. The van der Waals surface area contributed by atoms with Crippen molar-refractivity contribution in [2.75, 3.05) is 6.54 Å². The molecule has 0 fully saturated rings. The Kier molecular flexibility index (Phi) is 7.77. The van der Waals surface area contributed by atoms with Gasteiger partial charge >= 0.3 is 0 Å². The van der Waals surface area contributed by atoms with Gasteiger partial charge in [0.1, 0.15) is 0 Å². The molecule has 0 aromatic rings. The van der Waals surface area contributed by atoms with E-state index in [4.69, 9.17) is 0 Å². The van der Waals surface area contributed by atoms with E-state index in [0.717, 1.165) is 6.54 Å². The topological polar surface area (TPSA) is 12.4 Å². The Morgan fingerprint density at radius 3 is 2.67 bits per heavy atom. The number of aliphatic imine (C=N–C) groups is 1. The van der Waals surface area contributed by atoms with Crippen LogP contribution in [0, 0.1) is 0 Å². The van der Waals surface area contributed by atoms with Crippen LogP contribution in [0.25, 0.3) is 0 Å². The van der Waals surface area contributed by atoms with Crippen LogP contribution >= 0.6 is 22.6 Å². The molecule has 0 aliphatic heterocycles. The minimum atomic E-state index is 0.859. The van der Waals surface area contributed by atoms with Gasteiger partial charge in [-0.3, -0.25) is 4.99 Å². The average molecular weight is 235 g/mol. The summed E-state index contributed by atoms with van der Waals surface area (Å²) in [6.07, 6.45) is 7.63. The van der Waals surface area contributed by atoms with Crippen molar-refractivity contribution in [1.29, 1.82) is 0 Å². The molecule has 0 N–H and O–H groups in total. The summed E-state index contributed by atoms with van der Waals surface area (Å²) in [6, 6.07) is 0. The molecule has 0 aliphatic carbocycles. The first kappa shape index (κ1) is 8.88. The van der Waals surface area contributed by atoms with Crippen LogP contribution in [0.5, 0.6) is 0 Å². The molecule has 0 unspecified atom stereocenters. The second-order valence-corrected chi connectivity index (χ2v) is 2.07. The molecule has 1 nitrogen and oxygen atoms in total. The molecule has 0 saturated heterocycles. The van der Waals surface area contributed by atoms with Gasteiger partial charge < -0.3 is 0 Å². The molecule has 0 aromatic heterocycles. The summed E-state index contributed by atoms with van der Waals surface area (Å²) < 4.78 is 1.95. The molecule has 2 heteroatoms. The summed E-state index contributed by atoms with van der Waals surface area (Å²) in [7, 11) is 0. The lowest BCUT2D eigenvalue weighted by Gasteiger charge is -1.73. The Hall–Kier alpha value is -0.120.